The highest BCUT2D eigenvalue weighted by Crippen LogP contribution is 2.29. The number of hydrogen-bond acceptors (Lipinski definition) is 2. The average Bonchev–Trinajstić information content (AvgIpc) is 2.80. The maximum Gasteiger partial charge on any atom is 0.141 e. The van der Waals surface area contributed by atoms with Crippen LogP contribution in [-0.2, 0) is 6.54 Å². The molecule has 0 amide bonds. The minimum atomic E-state index is -0.395. The van der Waals surface area contributed by atoms with Gasteiger partial charge in [-0.15, -0.1) is 0 Å². The lowest BCUT2D eigenvalue weighted by atomic mass is 9.98. The maximum atomic E-state index is 13.0. The minimum absolute atomic E-state index is 0.147. The van der Waals surface area contributed by atoms with Gasteiger partial charge >= 0.3 is 0 Å². The van der Waals surface area contributed by atoms with Gasteiger partial charge in [-0.2, -0.15) is 0 Å². The van der Waals surface area contributed by atoms with Gasteiger partial charge in [0, 0.05) is 12.1 Å². The van der Waals surface area contributed by atoms with Crippen molar-refractivity contribution in [3.8, 4) is 0 Å². The second kappa shape index (κ2) is 5.34. The van der Waals surface area contributed by atoms with E-state index in [4.69, 9.17) is 11.6 Å². The second-order valence-electron chi connectivity index (χ2n) is 4.75. The molecule has 0 atom stereocenters. The molecule has 0 bridgehead atoms. The van der Waals surface area contributed by atoms with Crippen molar-refractivity contribution in [1.82, 2.24) is 5.32 Å². The lowest BCUT2D eigenvalue weighted by molar-refractivity contribution is 0.163. The topological polar surface area (TPSA) is 32.3 Å². The van der Waals surface area contributed by atoms with Gasteiger partial charge in [0.1, 0.15) is 5.82 Å². The highest BCUT2D eigenvalue weighted by molar-refractivity contribution is 6.30. The van der Waals surface area contributed by atoms with Gasteiger partial charge in [0.2, 0.25) is 0 Å². The normalized spacial score (nSPS) is 18.5. The zero-order valence-corrected chi connectivity index (χ0v) is 10.4. The number of halogens is 2. The van der Waals surface area contributed by atoms with Crippen LogP contribution in [0, 0.1) is 5.82 Å². The molecule has 1 aromatic carbocycles. The molecule has 2 nitrogen and oxygen atoms in total. The van der Waals surface area contributed by atoms with Crippen LogP contribution in [0.4, 0.5) is 4.39 Å². The van der Waals surface area contributed by atoms with Crippen molar-refractivity contribution in [2.45, 2.75) is 37.8 Å². The van der Waals surface area contributed by atoms with Gasteiger partial charge in [-0.1, -0.05) is 30.5 Å². The zero-order valence-electron chi connectivity index (χ0n) is 9.68. The van der Waals surface area contributed by atoms with Crippen LogP contribution in [0.15, 0.2) is 18.2 Å². The molecule has 0 aromatic heterocycles. The molecular weight excluding hydrogens is 241 g/mol. The van der Waals surface area contributed by atoms with Crippen molar-refractivity contribution in [2.24, 2.45) is 0 Å². The summed E-state index contributed by atoms with van der Waals surface area (Å²) in [6, 6.07) is 4.72. The van der Waals surface area contributed by atoms with Crippen LogP contribution >= 0.6 is 11.6 Å². The summed E-state index contributed by atoms with van der Waals surface area (Å²) in [7, 11) is 0. The van der Waals surface area contributed by atoms with E-state index in [1.165, 1.54) is 6.07 Å². The van der Waals surface area contributed by atoms with E-state index in [2.05, 4.69) is 5.32 Å². The molecular formula is C13H17ClFNO. The number of aliphatic hydroxyl groups is 1. The third-order valence-electron chi connectivity index (χ3n) is 3.51. The van der Waals surface area contributed by atoms with Crippen LogP contribution < -0.4 is 5.32 Å². The molecule has 1 aromatic rings. The van der Waals surface area contributed by atoms with Gasteiger partial charge in [0.05, 0.1) is 11.6 Å². The minimum Gasteiger partial charge on any atom is -0.394 e. The molecule has 0 unspecified atom stereocenters. The van der Waals surface area contributed by atoms with Crippen LogP contribution in [0.5, 0.6) is 0 Å². The SMILES string of the molecule is OCC1(NCc2ccc(F)c(Cl)c2)CCCC1. The molecule has 2 rings (SSSR count). The fraction of sp³-hybridized carbons (Fsp3) is 0.538. The van der Waals surface area contributed by atoms with Crippen molar-refractivity contribution >= 4 is 11.6 Å². The first kappa shape index (κ1) is 12.8. The molecule has 0 saturated heterocycles. The Morgan fingerprint density at radius 3 is 2.65 bits per heavy atom. The Balaban J connectivity index is 1.99. The molecule has 0 radical (unpaired) electrons. The predicted molar refractivity (Wildman–Crippen MR) is 66.5 cm³/mol. The van der Waals surface area contributed by atoms with E-state index in [1.54, 1.807) is 12.1 Å². The fourth-order valence-corrected chi connectivity index (χ4v) is 2.58. The van der Waals surface area contributed by atoms with Gasteiger partial charge in [-0.25, -0.2) is 4.39 Å². The lowest BCUT2D eigenvalue weighted by Gasteiger charge is -2.28. The van der Waals surface area contributed by atoms with Gasteiger partial charge in [0.25, 0.3) is 0 Å². The van der Waals surface area contributed by atoms with Crippen LogP contribution in [0.1, 0.15) is 31.2 Å². The van der Waals surface area contributed by atoms with Crippen molar-refractivity contribution in [1.29, 1.82) is 0 Å². The van der Waals surface area contributed by atoms with Crippen molar-refractivity contribution < 1.29 is 9.50 Å². The van der Waals surface area contributed by atoms with Crippen LogP contribution in [0.25, 0.3) is 0 Å². The largest absolute Gasteiger partial charge is 0.394 e. The highest BCUT2D eigenvalue weighted by Gasteiger charge is 2.32. The van der Waals surface area contributed by atoms with E-state index in [-0.39, 0.29) is 17.2 Å². The summed E-state index contributed by atoms with van der Waals surface area (Å²) in [6.45, 7) is 0.766. The molecule has 2 N–H and O–H groups in total. The first-order valence-corrected chi connectivity index (χ1v) is 6.33. The third-order valence-corrected chi connectivity index (χ3v) is 3.80. The Labute approximate surface area is 106 Å². The van der Waals surface area contributed by atoms with Gasteiger partial charge in [-0.3, -0.25) is 0 Å². The van der Waals surface area contributed by atoms with E-state index in [1.807, 2.05) is 0 Å². The molecule has 0 spiro atoms. The summed E-state index contributed by atoms with van der Waals surface area (Å²) in [5.74, 6) is -0.395. The number of aliphatic hydroxyl groups excluding tert-OH is 1. The van der Waals surface area contributed by atoms with Crippen molar-refractivity contribution in [3.05, 3.63) is 34.6 Å². The van der Waals surface area contributed by atoms with Gasteiger partial charge in [0.15, 0.2) is 0 Å². The third kappa shape index (κ3) is 2.97. The van der Waals surface area contributed by atoms with Crippen molar-refractivity contribution in [3.63, 3.8) is 0 Å². The first-order valence-electron chi connectivity index (χ1n) is 5.95. The van der Waals surface area contributed by atoms with Crippen LogP contribution in [0.3, 0.4) is 0 Å². The molecule has 4 heteroatoms. The Morgan fingerprint density at radius 2 is 2.06 bits per heavy atom. The van der Waals surface area contributed by atoms with Crippen molar-refractivity contribution in [2.75, 3.05) is 6.61 Å². The molecule has 0 heterocycles. The van der Waals surface area contributed by atoms with Crippen LogP contribution in [0.2, 0.25) is 5.02 Å². The molecule has 1 aliphatic rings. The summed E-state index contributed by atoms with van der Waals surface area (Å²) in [5.41, 5.74) is 0.789. The zero-order chi connectivity index (χ0) is 12.3. The smallest absolute Gasteiger partial charge is 0.141 e. The summed E-state index contributed by atoms with van der Waals surface area (Å²) in [4.78, 5) is 0. The number of benzene rings is 1. The summed E-state index contributed by atoms with van der Waals surface area (Å²) in [5, 5.41) is 13.0. The Kier molecular flexibility index (Phi) is 4.02. The Morgan fingerprint density at radius 1 is 1.35 bits per heavy atom. The predicted octanol–water partition coefficient (Wildman–Crippen LogP) is 2.87. The molecule has 1 fully saturated rings. The van der Waals surface area contributed by atoms with Gasteiger partial charge < -0.3 is 10.4 Å². The summed E-state index contributed by atoms with van der Waals surface area (Å²) >= 11 is 5.73. The molecule has 1 saturated carbocycles. The number of rotatable bonds is 4. The molecule has 1 aliphatic carbocycles. The van der Waals surface area contributed by atoms with E-state index >= 15 is 0 Å². The highest BCUT2D eigenvalue weighted by atomic mass is 35.5. The second-order valence-corrected chi connectivity index (χ2v) is 5.15. The monoisotopic (exact) mass is 257 g/mol. The Hall–Kier alpha value is -0.640. The van der Waals surface area contributed by atoms with Gasteiger partial charge in [-0.05, 0) is 30.5 Å². The van der Waals surface area contributed by atoms with E-state index in [9.17, 15) is 9.50 Å². The average molecular weight is 258 g/mol. The number of nitrogens with one attached hydrogen (secondary N) is 1. The fourth-order valence-electron chi connectivity index (χ4n) is 2.38. The molecule has 94 valence electrons. The Bertz CT molecular complexity index is 391. The quantitative estimate of drug-likeness (QED) is 0.869. The summed E-state index contributed by atoms with van der Waals surface area (Å²) < 4.78 is 13.0. The van der Waals surface area contributed by atoms with Crippen LogP contribution in [-0.4, -0.2) is 17.3 Å². The number of hydrogen-bond donors (Lipinski definition) is 2. The standard InChI is InChI=1S/C13H17ClFNO/c14-11-7-10(3-4-12(11)15)8-16-13(9-17)5-1-2-6-13/h3-4,7,16-17H,1-2,5-6,8-9H2. The molecule has 17 heavy (non-hydrogen) atoms. The lowest BCUT2D eigenvalue weighted by Crippen LogP contribution is -2.45. The first-order chi connectivity index (χ1) is 8.15. The summed E-state index contributed by atoms with van der Waals surface area (Å²) in [6.07, 6.45) is 4.30. The van der Waals surface area contributed by atoms with E-state index < -0.39 is 5.82 Å². The van der Waals surface area contributed by atoms with E-state index in [0.717, 1.165) is 31.2 Å². The van der Waals surface area contributed by atoms with E-state index in [0.29, 0.717) is 6.54 Å². The molecule has 0 aliphatic heterocycles. The maximum absolute atomic E-state index is 13.0.